The summed E-state index contributed by atoms with van der Waals surface area (Å²) in [7, 11) is 0. The number of carbonyl (C=O) groups excluding carboxylic acids is 1. The van der Waals surface area contributed by atoms with Crippen molar-refractivity contribution in [3.63, 3.8) is 0 Å². The van der Waals surface area contributed by atoms with Gasteiger partial charge in [0.1, 0.15) is 0 Å². The molecule has 0 atom stereocenters. The van der Waals surface area contributed by atoms with Gasteiger partial charge in [0.15, 0.2) is 0 Å². The number of hydrogen-bond acceptors (Lipinski definition) is 1. The standard InChI is InChI=1S/C10H7Cl2F3O/c1-2-5-3-6(4-7(11)8(5)12)9(16)10(13,14)15/h3-4H,2H2,1H3. The third kappa shape index (κ3) is 2.68. The van der Waals surface area contributed by atoms with E-state index in [4.69, 9.17) is 23.2 Å². The van der Waals surface area contributed by atoms with Gasteiger partial charge in [0, 0.05) is 5.56 Å². The highest BCUT2D eigenvalue weighted by Crippen LogP contribution is 2.30. The highest BCUT2D eigenvalue weighted by molar-refractivity contribution is 6.42. The summed E-state index contributed by atoms with van der Waals surface area (Å²) in [4.78, 5) is 11.0. The van der Waals surface area contributed by atoms with Crippen LogP contribution in [-0.2, 0) is 6.42 Å². The van der Waals surface area contributed by atoms with Crippen molar-refractivity contribution in [3.8, 4) is 0 Å². The van der Waals surface area contributed by atoms with E-state index < -0.39 is 17.5 Å². The van der Waals surface area contributed by atoms with Crippen LogP contribution < -0.4 is 0 Å². The molecule has 0 aromatic heterocycles. The number of alkyl halides is 3. The lowest BCUT2D eigenvalue weighted by Gasteiger charge is -2.09. The van der Waals surface area contributed by atoms with Crippen molar-refractivity contribution in [2.45, 2.75) is 19.5 Å². The van der Waals surface area contributed by atoms with Gasteiger partial charge in [-0.3, -0.25) is 4.79 Å². The predicted octanol–water partition coefficient (Wildman–Crippen LogP) is 4.30. The summed E-state index contributed by atoms with van der Waals surface area (Å²) >= 11 is 11.4. The molecular formula is C10H7Cl2F3O. The predicted molar refractivity (Wildman–Crippen MR) is 56.2 cm³/mol. The van der Waals surface area contributed by atoms with E-state index in [2.05, 4.69) is 0 Å². The van der Waals surface area contributed by atoms with E-state index in [1.807, 2.05) is 0 Å². The van der Waals surface area contributed by atoms with E-state index in [-0.39, 0.29) is 10.0 Å². The number of rotatable bonds is 2. The molecule has 0 N–H and O–H groups in total. The highest BCUT2D eigenvalue weighted by Gasteiger charge is 2.39. The van der Waals surface area contributed by atoms with Gasteiger partial charge in [-0.25, -0.2) is 0 Å². The van der Waals surface area contributed by atoms with Crippen LogP contribution in [0.2, 0.25) is 10.0 Å². The van der Waals surface area contributed by atoms with Gasteiger partial charge in [0.05, 0.1) is 10.0 Å². The molecule has 1 nitrogen and oxygen atoms in total. The molecule has 0 aliphatic carbocycles. The third-order valence-corrected chi connectivity index (χ3v) is 2.85. The molecule has 88 valence electrons. The van der Waals surface area contributed by atoms with Crippen LogP contribution in [0.25, 0.3) is 0 Å². The maximum Gasteiger partial charge on any atom is 0.454 e. The third-order valence-electron chi connectivity index (χ3n) is 2.00. The number of Topliss-reactive ketones (excluding diaryl/α,β-unsaturated/α-hetero) is 1. The molecule has 1 rings (SSSR count). The Labute approximate surface area is 100 Å². The quantitative estimate of drug-likeness (QED) is 0.733. The molecule has 1 aromatic rings. The Balaban J connectivity index is 3.27. The van der Waals surface area contributed by atoms with Gasteiger partial charge in [0.2, 0.25) is 0 Å². The summed E-state index contributed by atoms with van der Waals surface area (Å²) in [5.74, 6) is -1.92. The normalized spacial score (nSPS) is 11.6. The summed E-state index contributed by atoms with van der Waals surface area (Å²) < 4.78 is 36.5. The van der Waals surface area contributed by atoms with E-state index >= 15 is 0 Å². The van der Waals surface area contributed by atoms with E-state index in [1.165, 1.54) is 0 Å². The van der Waals surface area contributed by atoms with Crippen molar-refractivity contribution >= 4 is 29.0 Å². The molecule has 0 saturated carbocycles. The van der Waals surface area contributed by atoms with Crippen LogP contribution in [-0.4, -0.2) is 12.0 Å². The number of ketones is 1. The zero-order valence-corrected chi connectivity index (χ0v) is 9.67. The zero-order valence-electron chi connectivity index (χ0n) is 8.16. The van der Waals surface area contributed by atoms with Crippen LogP contribution in [0.3, 0.4) is 0 Å². The molecule has 0 bridgehead atoms. The smallest absolute Gasteiger partial charge is 0.284 e. The lowest BCUT2D eigenvalue weighted by atomic mass is 10.1. The Morgan fingerprint density at radius 2 is 1.88 bits per heavy atom. The minimum atomic E-state index is -4.90. The SMILES string of the molecule is CCc1cc(C(=O)C(F)(F)F)cc(Cl)c1Cl. The molecule has 0 radical (unpaired) electrons. The lowest BCUT2D eigenvalue weighted by molar-refractivity contribution is -0.0885. The number of aryl methyl sites for hydroxylation is 1. The van der Waals surface area contributed by atoms with Crippen molar-refractivity contribution in [2.24, 2.45) is 0 Å². The Kier molecular flexibility index (Phi) is 3.86. The fourth-order valence-electron chi connectivity index (χ4n) is 1.20. The molecule has 0 amide bonds. The number of hydrogen-bond donors (Lipinski definition) is 0. The summed E-state index contributed by atoms with van der Waals surface area (Å²) in [5, 5.41) is 0.136. The van der Waals surface area contributed by atoms with Crippen molar-refractivity contribution in [1.29, 1.82) is 0 Å². The van der Waals surface area contributed by atoms with Crippen LogP contribution in [0.15, 0.2) is 12.1 Å². The Bertz CT molecular complexity index is 427. The van der Waals surface area contributed by atoms with Crippen molar-refractivity contribution in [3.05, 3.63) is 33.3 Å². The van der Waals surface area contributed by atoms with Gasteiger partial charge < -0.3 is 0 Å². The highest BCUT2D eigenvalue weighted by atomic mass is 35.5. The molecule has 0 saturated heterocycles. The van der Waals surface area contributed by atoms with Crippen molar-refractivity contribution in [2.75, 3.05) is 0 Å². The van der Waals surface area contributed by atoms with Gasteiger partial charge in [-0.15, -0.1) is 0 Å². The first-order valence-electron chi connectivity index (χ1n) is 4.36. The minimum Gasteiger partial charge on any atom is -0.284 e. The van der Waals surface area contributed by atoms with Crippen molar-refractivity contribution < 1.29 is 18.0 Å². The summed E-state index contributed by atoms with van der Waals surface area (Å²) in [6, 6.07) is 2.04. The van der Waals surface area contributed by atoms with Crippen LogP contribution >= 0.6 is 23.2 Å². The lowest BCUT2D eigenvalue weighted by Crippen LogP contribution is -2.22. The Hall–Kier alpha value is -0.740. The number of halogens is 5. The second-order valence-corrected chi connectivity index (χ2v) is 3.90. The molecular weight excluding hydrogens is 264 g/mol. The Morgan fingerprint density at radius 3 is 2.31 bits per heavy atom. The second-order valence-electron chi connectivity index (χ2n) is 3.11. The van der Waals surface area contributed by atoms with Crippen LogP contribution in [0.1, 0.15) is 22.8 Å². The van der Waals surface area contributed by atoms with Gasteiger partial charge >= 0.3 is 6.18 Å². The fraction of sp³-hybridized carbons (Fsp3) is 0.300. The van der Waals surface area contributed by atoms with E-state index in [1.54, 1.807) is 6.92 Å². The zero-order chi connectivity index (χ0) is 12.5. The van der Waals surface area contributed by atoms with Gasteiger partial charge in [-0.05, 0) is 24.1 Å². The molecule has 0 unspecified atom stereocenters. The van der Waals surface area contributed by atoms with E-state index in [9.17, 15) is 18.0 Å². The van der Waals surface area contributed by atoms with Crippen LogP contribution in [0.5, 0.6) is 0 Å². The maximum absolute atomic E-state index is 12.2. The van der Waals surface area contributed by atoms with Crippen LogP contribution in [0, 0.1) is 0 Å². The average molecular weight is 271 g/mol. The second kappa shape index (κ2) is 4.63. The van der Waals surface area contributed by atoms with E-state index in [0.29, 0.717) is 12.0 Å². The molecule has 0 fully saturated rings. The molecule has 0 aliphatic heterocycles. The van der Waals surface area contributed by atoms with Gasteiger partial charge in [0.25, 0.3) is 5.78 Å². The first-order chi connectivity index (χ1) is 7.27. The molecule has 0 heterocycles. The summed E-state index contributed by atoms with van der Waals surface area (Å²) in [6.07, 6.45) is -4.50. The first-order valence-corrected chi connectivity index (χ1v) is 5.12. The molecule has 0 aliphatic rings. The van der Waals surface area contributed by atoms with Crippen LogP contribution in [0.4, 0.5) is 13.2 Å². The number of benzene rings is 1. The van der Waals surface area contributed by atoms with Gasteiger partial charge in [-0.1, -0.05) is 30.1 Å². The van der Waals surface area contributed by atoms with E-state index in [0.717, 1.165) is 12.1 Å². The monoisotopic (exact) mass is 270 g/mol. The molecule has 6 heteroatoms. The number of carbonyl (C=O) groups is 1. The first kappa shape index (κ1) is 13.3. The summed E-state index contributed by atoms with van der Waals surface area (Å²) in [5.41, 5.74) is -0.0690. The van der Waals surface area contributed by atoms with Crippen molar-refractivity contribution in [1.82, 2.24) is 0 Å². The maximum atomic E-state index is 12.2. The fourth-order valence-corrected chi connectivity index (χ4v) is 1.68. The largest absolute Gasteiger partial charge is 0.454 e. The molecule has 1 aromatic carbocycles. The minimum absolute atomic E-state index is 0.0476. The topological polar surface area (TPSA) is 17.1 Å². The average Bonchev–Trinajstić information content (AvgIpc) is 2.19. The van der Waals surface area contributed by atoms with Gasteiger partial charge in [-0.2, -0.15) is 13.2 Å². The Morgan fingerprint density at radius 1 is 1.31 bits per heavy atom. The molecule has 16 heavy (non-hydrogen) atoms. The molecule has 0 spiro atoms. The summed E-state index contributed by atoms with van der Waals surface area (Å²) in [6.45, 7) is 1.71.